The molecule has 0 aliphatic rings. The van der Waals surface area contributed by atoms with E-state index in [9.17, 15) is 19.7 Å². The molecule has 0 aliphatic carbocycles. The number of hydrogen-bond acceptors (Lipinski definition) is 5. The number of carbonyl (C=O) groups is 2. The fraction of sp³-hybridized carbons (Fsp3) is 0.158. The number of nitro benzene ring substituents is 1. The Morgan fingerprint density at radius 3 is 2.67 bits per heavy atom. The van der Waals surface area contributed by atoms with Crippen molar-refractivity contribution in [1.29, 1.82) is 0 Å². The summed E-state index contributed by atoms with van der Waals surface area (Å²) in [6.45, 7) is 2.03. The van der Waals surface area contributed by atoms with Crippen LogP contribution in [-0.2, 0) is 17.6 Å². The van der Waals surface area contributed by atoms with Crippen molar-refractivity contribution in [1.82, 2.24) is 10.9 Å². The molecule has 138 valence electrons. The van der Waals surface area contributed by atoms with Crippen LogP contribution in [0.2, 0.25) is 0 Å². The Hall–Kier alpha value is -3.68. The lowest BCUT2D eigenvalue weighted by atomic mass is 10.1. The highest BCUT2D eigenvalue weighted by Crippen LogP contribution is 2.23. The van der Waals surface area contributed by atoms with Crippen LogP contribution in [0.25, 0.3) is 11.0 Å². The number of nitrogens with one attached hydrogen (secondary N) is 2. The van der Waals surface area contributed by atoms with E-state index in [1.54, 1.807) is 0 Å². The zero-order valence-electron chi connectivity index (χ0n) is 14.5. The molecule has 1 heterocycles. The van der Waals surface area contributed by atoms with Crippen LogP contribution in [0, 0.1) is 10.1 Å². The molecule has 0 radical (unpaired) electrons. The van der Waals surface area contributed by atoms with E-state index in [2.05, 4.69) is 10.9 Å². The molecule has 0 atom stereocenters. The maximum Gasteiger partial charge on any atom is 0.282 e. The maximum atomic E-state index is 12.2. The molecular formula is C19H17N3O5. The first kappa shape index (κ1) is 18.1. The number of para-hydroxylation sites is 1. The Morgan fingerprint density at radius 1 is 1.15 bits per heavy atom. The molecule has 8 nitrogen and oxygen atoms in total. The third-order valence-electron chi connectivity index (χ3n) is 4.14. The minimum absolute atomic E-state index is 0.00265. The zero-order chi connectivity index (χ0) is 19.4. The van der Waals surface area contributed by atoms with E-state index in [0.29, 0.717) is 11.1 Å². The highest BCUT2D eigenvalue weighted by molar-refractivity contribution is 5.99. The van der Waals surface area contributed by atoms with Crippen LogP contribution in [0.1, 0.15) is 28.4 Å². The number of benzene rings is 2. The first-order valence-electron chi connectivity index (χ1n) is 8.31. The van der Waals surface area contributed by atoms with Crippen LogP contribution >= 0.6 is 0 Å². The fourth-order valence-electron chi connectivity index (χ4n) is 2.72. The summed E-state index contributed by atoms with van der Waals surface area (Å²) < 4.78 is 5.44. The van der Waals surface area contributed by atoms with Gasteiger partial charge in [-0.25, -0.2) is 0 Å². The summed E-state index contributed by atoms with van der Waals surface area (Å²) in [5, 5.41) is 11.8. The number of fused-ring (bicyclic) bond motifs is 1. The van der Waals surface area contributed by atoms with Crippen molar-refractivity contribution in [3.05, 3.63) is 75.5 Å². The second-order valence-corrected chi connectivity index (χ2v) is 5.90. The average Bonchev–Trinajstić information content (AvgIpc) is 3.07. The predicted octanol–water partition coefficient (Wildman–Crippen LogP) is 2.91. The smallest absolute Gasteiger partial charge is 0.282 e. The van der Waals surface area contributed by atoms with Crippen LogP contribution in [0.15, 0.2) is 53.1 Å². The predicted molar refractivity (Wildman–Crippen MR) is 98.0 cm³/mol. The number of nitro groups is 1. The highest BCUT2D eigenvalue weighted by atomic mass is 16.6. The minimum Gasteiger partial charge on any atom is -0.464 e. The number of nitrogens with zero attached hydrogens (tertiary/aromatic N) is 1. The SMILES string of the molecule is CCc1ccc2occ(CC(=O)NNC(=O)c3ccccc3[N+](=O)[O-])c2c1. The summed E-state index contributed by atoms with van der Waals surface area (Å²) in [5.74, 6) is -1.23. The normalized spacial score (nSPS) is 10.6. The molecule has 27 heavy (non-hydrogen) atoms. The summed E-state index contributed by atoms with van der Waals surface area (Å²) in [6, 6.07) is 11.3. The van der Waals surface area contributed by atoms with Crippen molar-refractivity contribution < 1.29 is 18.9 Å². The molecule has 2 aromatic carbocycles. The number of carbonyl (C=O) groups excluding carboxylic acids is 2. The van der Waals surface area contributed by atoms with Crippen LogP contribution in [0.4, 0.5) is 5.69 Å². The van der Waals surface area contributed by atoms with Gasteiger partial charge in [-0.05, 0) is 30.2 Å². The first-order valence-corrected chi connectivity index (χ1v) is 8.31. The lowest BCUT2D eigenvalue weighted by molar-refractivity contribution is -0.385. The van der Waals surface area contributed by atoms with E-state index in [0.717, 1.165) is 17.4 Å². The topological polar surface area (TPSA) is 114 Å². The number of rotatable bonds is 5. The summed E-state index contributed by atoms with van der Waals surface area (Å²) in [4.78, 5) is 34.6. The van der Waals surface area contributed by atoms with Gasteiger partial charge in [-0.15, -0.1) is 0 Å². The van der Waals surface area contributed by atoms with Crippen LogP contribution in [-0.4, -0.2) is 16.7 Å². The van der Waals surface area contributed by atoms with E-state index in [1.807, 2.05) is 25.1 Å². The molecular weight excluding hydrogens is 350 g/mol. The molecule has 3 aromatic rings. The zero-order valence-corrected chi connectivity index (χ0v) is 14.5. The quantitative estimate of drug-likeness (QED) is 0.531. The highest BCUT2D eigenvalue weighted by Gasteiger charge is 2.19. The van der Waals surface area contributed by atoms with Gasteiger partial charge in [0.1, 0.15) is 11.1 Å². The second kappa shape index (κ2) is 7.69. The molecule has 0 unspecified atom stereocenters. The van der Waals surface area contributed by atoms with E-state index in [-0.39, 0.29) is 17.7 Å². The van der Waals surface area contributed by atoms with E-state index in [1.165, 1.54) is 30.5 Å². The Balaban J connectivity index is 1.67. The molecule has 0 spiro atoms. The molecule has 0 aliphatic heterocycles. The van der Waals surface area contributed by atoms with Gasteiger partial charge in [-0.3, -0.25) is 30.6 Å². The van der Waals surface area contributed by atoms with Crippen LogP contribution in [0.3, 0.4) is 0 Å². The van der Waals surface area contributed by atoms with Gasteiger partial charge < -0.3 is 4.42 Å². The Kier molecular flexibility index (Phi) is 5.16. The van der Waals surface area contributed by atoms with Crippen molar-refractivity contribution >= 4 is 28.5 Å². The van der Waals surface area contributed by atoms with Gasteiger partial charge in [0, 0.05) is 17.0 Å². The first-order chi connectivity index (χ1) is 13.0. The lowest BCUT2D eigenvalue weighted by Crippen LogP contribution is -2.42. The van der Waals surface area contributed by atoms with Gasteiger partial charge in [0.2, 0.25) is 5.91 Å². The number of hydrogen-bond donors (Lipinski definition) is 2. The van der Waals surface area contributed by atoms with Gasteiger partial charge in [-0.2, -0.15) is 0 Å². The molecule has 1 aromatic heterocycles. The van der Waals surface area contributed by atoms with E-state index in [4.69, 9.17) is 4.42 Å². The average molecular weight is 367 g/mol. The largest absolute Gasteiger partial charge is 0.464 e. The van der Waals surface area contributed by atoms with Gasteiger partial charge in [-0.1, -0.05) is 25.1 Å². The van der Waals surface area contributed by atoms with Crippen molar-refractivity contribution in [3.63, 3.8) is 0 Å². The third kappa shape index (κ3) is 3.95. The maximum absolute atomic E-state index is 12.2. The van der Waals surface area contributed by atoms with Gasteiger partial charge in [0.25, 0.3) is 11.6 Å². The third-order valence-corrected chi connectivity index (χ3v) is 4.14. The van der Waals surface area contributed by atoms with Gasteiger partial charge in [0.05, 0.1) is 17.6 Å². The summed E-state index contributed by atoms with van der Waals surface area (Å²) in [6.07, 6.45) is 2.36. The Labute approximate surface area is 154 Å². The van der Waals surface area contributed by atoms with Crippen molar-refractivity contribution in [2.75, 3.05) is 0 Å². The lowest BCUT2D eigenvalue weighted by Gasteiger charge is -2.07. The summed E-state index contributed by atoms with van der Waals surface area (Å²) >= 11 is 0. The van der Waals surface area contributed by atoms with Crippen LogP contribution in [0.5, 0.6) is 0 Å². The monoisotopic (exact) mass is 367 g/mol. The molecule has 0 saturated carbocycles. The number of amides is 2. The molecule has 2 N–H and O–H groups in total. The second-order valence-electron chi connectivity index (χ2n) is 5.90. The Morgan fingerprint density at radius 2 is 1.93 bits per heavy atom. The molecule has 0 saturated heterocycles. The van der Waals surface area contributed by atoms with Crippen molar-refractivity contribution in [2.45, 2.75) is 19.8 Å². The standard InChI is InChI=1S/C19H17N3O5/c1-2-12-7-8-17-15(9-12)13(11-27-17)10-18(23)20-21-19(24)14-5-3-4-6-16(14)22(25)26/h3-9,11H,2,10H2,1H3,(H,20,23)(H,21,24). The van der Waals surface area contributed by atoms with Crippen molar-refractivity contribution in [3.8, 4) is 0 Å². The molecule has 0 bridgehead atoms. The Bertz CT molecular complexity index is 1030. The van der Waals surface area contributed by atoms with Crippen molar-refractivity contribution in [2.24, 2.45) is 0 Å². The summed E-state index contributed by atoms with van der Waals surface area (Å²) in [5.41, 5.74) is 6.50. The number of aryl methyl sites for hydroxylation is 1. The molecule has 2 amide bonds. The molecule has 0 fully saturated rings. The van der Waals surface area contributed by atoms with E-state index < -0.39 is 16.7 Å². The minimum atomic E-state index is -0.763. The molecule has 3 rings (SSSR count). The number of hydrazine groups is 1. The number of furan rings is 1. The van der Waals surface area contributed by atoms with Crippen LogP contribution < -0.4 is 10.9 Å². The van der Waals surface area contributed by atoms with Gasteiger partial charge >= 0.3 is 0 Å². The van der Waals surface area contributed by atoms with E-state index >= 15 is 0 Å². The summed E-state index contributed by atoms with van der Waals surface area (Å²) in [7, 11) is 0. The molecule has 8 heteroatoms. The van der Waals surface area contributed by atoms with Gasteiger partial charge in [0.15, 0.2) is 0 Å². The fourth-order valence-corrected chi connectivity index (χ4v) is 2.72.